The molecular weight excluding hydrogens is 785 g/mol. The number of phenolic OH excluding ortho intramolecular Hbond substituents is 1. The van der Waals surface area contributed by atoms with Gasteiger partial charge in [-0.15, -0.1) is 0 Å². The highest BCUT2D eigenvalue weighted by atomic mass is 79.9. The van der Waals surface area contributed by atoms with Crippen molar-refractivity contribution in [3.63, 3.8) is 0 Å². The maximum Gasteiger partial charge on any atom is 0.260 e. The first-order valence-corrected chi connectivity index (χ1v) is 18.5. The van der Waals surface area contributed by atoms with Crippen molar-refractivity contribution in [2.24, 2.45) is 23.7 Å². The number of carbonyl (C=O) groups excluding carboxylic acids is 4. The molecule has 1 saturated carbocycles. The van der Waals surface area contributed by atoms with Gasteiger partial charge in [-0.3, -0.25) is 29.5 Å². The SMILES string of the molecule is COc1ccc(C23C(=O)N(Nc4ccc(Cl)cc4Cl)C(=O)C2CC2C(=CCC4C(=O)N(c5ccc(Br)cc5)C(=O)C42)C3c2c(O)cccc2OC)cc1. The van der Waals surface area contributed by atoms with Gasteiger partial charge in [-0.25, -0.2) is 0 Å². The molecule has 6 unspecified atom stereocenters. The first-order chi connectivity index (χ1) is 25.5. The Morgan fingerprint density at radius 2 is 1.60 bits per heavy atom. The Bertz CT molecular complexity index is 2230. The Kier molecular flexibility index (Phi) is 8.79. The van der Waals surface area contributed by atoms with E-state index >= 15 is 4.79 Å². The minimum Gasteiger partial charge on any atom is -0.508 e. The van der Waals surface area contributed by atoms with Crippen LogP contribution in [0.4, 0.5) is 11.4 Å². The van der Waals surface area contributed by atoms with Gasteiger partial charge in [0.15, 0.2) is 0 Å². The molecular formula is C40H32BrCl2N3O7. The summed E-state index contributed by atoms with van der Waals surface area (Å²) in [4.78, 5) is 60.2. The topological polar surface area (TPSA) is 125 Å². The molecule has 2 saturated heterocycles. The van der Waals surface area contributed by atoms with E-state index in [0.717, 1.165) is 9.48 Å². The van der Waals surface area contributed by atoms with E-state index in [0.29, 0.717) is 38.9 Å². The highest BCUT2D eigenvalue weighted by Gasteiger charge is 2.71. The van der Waals surface area contributed by atoms with Crippen LogP contribution in [0.2, 0.25) is 10.0 Å². The van der Waals surface area contributed by atoms with Gasteiger partial charge in [-0.1, -0.05) is 69.0 Å². The molecule has 0 radical (unpaired) electrons. The second-order valence-corrected chi connectivity index (χ2v) is 15.4. The molecule has 4 aromatic rings. The smallest absolute Gasteiger partial charge is 0.260 e. The lowest BCUT2D eigenvalue weighted by Gasteiger charge is -2.50. The minimum absolute atomic E-state index is 0.0652. The van der Waals surface area contributed by atoms with Gasteiger partial charge < -0.3 is 14.6 Å². The first kappa shape index (κ1) is 35.2. The van der Waals surface area contributed by atoms with Crippen LogP contribution < -0.4 is 19.8 Å². The highest BCUT2D eigenvalue weighted by Crippen LogP contribution is 2.66. The zero-order valence-corrected chi connectivity index (χ0v) is 31.5. The van der Waals surface area contributed by atoms with E-state index in [-0.39, 0.29) is 41.1 Å². The maximum atomic E-state index is 15.4. The van der Waals surface area contributed by atoms with Crippen LogP contribution in [0.1, 0.15) is 29.9 Å². The number of hydrogen-bond donors (Lipinski definition) is 2. The second kappa shape index (κ2) is 13.2. The molecule has 270 valence electrons. The number of rotatable bonds is 7. The maximum absolute atomic E-state index is 15.4. The fourth-order valence-corrected chi connectivity index (χ4v) is 9.72. The number of fused-ring (bicyclic) bond motifs is 4. The van der Waals surface area contributed by atoms with Crippen LogP contribution in [0.25, 0.3) is 0 Å². The summed E-state index contributed by atoms with van der Waals surface area (Å²) >= 11 is 16.1. The first-order valence-electron chi connectivity index (χ1n) is 16.9. The van der Waals surface area contributed by atoms with Crippen LogP contribution in [-0.2, 0) is 24.6 Å². The van der Waals surface area contributed by atoms with Gasteiger partial charge in [0.25, 0.3) is 11.8 Å². The van der Waals surface area contributed by atoms with E-state index in [1.807, 2.05) is 6.08 Å². The number of imide groups is 2. The average Bonchev–Trinajstić information content (AvgIpc) is 3.53. The summed E-state index contributed by atoms with van der Waals surface area (Å²) in [6, 6.07) is 23.4. The van der Waals surface area contributed by atoms with Gasteiger partial charge in [0.05, 0.1) is 53.8 Å². The van der Waals surface area contributed by atoms with Crippen LogP contribution in [0.3, 0.4) is 0 Å². The molecule has 4 aliphatic rings. The zero-order valence-electron chi connectivity index (χ0n) is 28.4. The number of ether oxygens (including phenoxy) is 2. The van der Waals surface area contributed by atoms with Gasteiger partial charge in [-0.2, -0.15) is 5.01 Å². The number of anilines is 2. The molecule has 10 nitrogen and oxygen atoms in total. The van der Waals surface area contributed by atoms with Gasteiger partial charge in [0.2, 0.25) is 11.8 Å². The monoisotopic (exact) mass is 815 g/mol. The van der Waals surface area contributed by atoms with Crippen molar-refractivity contribution >= 4 is 74.1 Å². The lowest BCUT2D eigenvalue weighted by molar-refractivity contribution is -0.138. The van der Waals surface area contributed by atoms with E-state index < -0.39 is 46.8 Å². The van der Waals surface area contributed by atoms with Crippen molar-refractivity contribution in [1.82, 2.24) is 5.01 Å². The molecule has 4 aromatic carbocycles. The third-order valence-corrected chi connectivity index (χ3v) is 12.3. The number of amides is 4. The summed E-state index contributed by atoms with van der Waals surface area (Å²) < 4.78 is 12.1. The fourth-order valence-electron chi connectivity index (χ4n) is 9.00. The summed E-state index contributed by atoms with van der Waals surface area (Å²) in [6.07, 6.45) is 2.20. The number of aromatic hydroxyl groups is 1. The second-order valence-electron chi connectivity index (χ2n) is 13.6. The zero-order chi connectivity index (χ0) is 37.3. The molecule has 2 heterocycles. The van der Waals surface area contributed by atoms with E-state index in [1.54, 1.807) is 72.8 Å². The van der Waals surface area contributed by atoms with Gasteiger partial charge in [-0.05, 0) is 91.1 Å². The molecule has 6 atom stereocenters. The highest BCUT2D eigenvalue weighted by molar-refractivity contribution is 9.10. The summed E-state index contributed by atoms with van der Waals surface area (Å²) in [5.41, 5.74) is 3.49. The number of phenols is 1. The molecule has 2 aliphatic carbocycles. The molecule has 0 spiro atoms. The Morgan fingerprint density at radius 3 is 2.28 bits per heavy atom. The predicted molar refractivity (Wildman–Crippen MR) is 202 cm³/mol. The lowest BCUT2D eigenvalue weighted by atomic mass is 9.49. The van der Waals surface area contributed by atoms with Gasteiger partial charge in [0.1, 0.15) is 17.2 Å². The van der Waals surface area contributed by atoms with Crippen molar-refractivity contribution in [3.05, 3.63) is 122 Å². The Balaban J connectivity index is 1.36. The number of benzene rings is 4. The van der Waals surface area contributed by atoms with E-state index in [4.69, 9.17) is 32.7 Å². The number of hydrazine groups is 1. The molecule has 0 bridgehead atoms. The largest absolute Gasteiger partial charge is 0.508 e. The number of halogens is 3. The number of methoxy groups -OCH3 is 2. The van der Waals surface area contributed by atoms with Crippen molar-refractivity contribution in [2.45, 2.75) is 24.2 Å². The van der Waals surface area contributed by atoms with Crippen LogP contribution >= 0.6 is 39.1 Å². The molecule has 8 rings (SSSR count). The summed E-state index contributed by atoms with van der Waals surface area (Å²) in [6.45, 7) is 0. The third-order valence-electron chi connectivity index (χ3n) is 11.2. The quantitative estimate of drug-likeness (QED) is 0.144. The predicted octanol–water partition coefficient (Wildman–Crippen LogP) is 7.67. The standard InChI is InChI=1S/C40H32BrCl2N3O7/c1-52-24-13-6-20(7-14-24)40-28(37(49)46(39(40)51)44-30-17-10-22(42)18-29(30)43)19-27-25(35(40)34-31(47)4-3-5-32(34)53-2)15-16-26-33(27)38(50)45(36(26)48)23-11-8-21(41)9-12-23/h3-15,17-18,26-28,33,35,44,47H,16,19H2,1-2H3. The minimum atomic E-state index is -1.66. The van der Waals surface area contributed by atoms with Gasteiger partial charge >= 0.3 is 0 Å². The molecule has 3 fully saturated rings. The number of nitrogens with one attached hydrogen (secondary N) is 1. The molecule has 0 aromatic heterocycles. The molecule has 2 N–H and O–H groups in total. The van der Waals surface area contributed by atoms with Crippen LogP contribution in [0, 0.1) is 23.7 Å². The number of allylic oxidation sites excluding steroid dienone is 2. The Labute approximate surface area is 323 Å². The molecule has 2 aliphatic heterocycles. The number of carbonyl (C=O) groups is 4. The molecule has 53 heavy (non-hydrogen) atoms. The lowest BCUT2D eigenvalue weighted by Crippen LogP contribution is -2.53. The summed E-state index contributed by atoms with van der Waals surface area (Å²) in [7, 11) is 3.00. The summed E-state index contributed by atoms with van der Waals surface area (Å²) in [5, 5.41) is 13.3. The van der Waals surface area contributed by atoms with Crippen LogP contribution in [-0.4, -0.2) is 48.0 Å². The number of nitrogens with zero attached hydrogens (tertiary/aromatic N) is 2. The van der Waals surface area contributed by atoms with Crippen LogP contribution in [0.15, 0.2) is 101 Å². The Hall–Kier alpha value is -4.84. The normalized spacial score (nSPS) is 26.2. The van der Waals surface area contributed by atoms with E-state index in [2.05, 4.69) is 21.4 Å². The number of hydrogen-bond acceptors (Lipinski definition) is 8. The van der Waals surface area contributed by atoms with Crippen molar-refractivity contribution < 1.29 is 33.8 Å². The van der Waals surface area contributed by atoms with E-state index in [1.165, 1.54) is 31.3 Å². The molecule has 4 amide bonds. The average molecular weight is 818 g/mol. The third kappa shape index (κ3) is 5.26. The van der Waals surface area contributed by atoms with Crippen LogP contribution in [0.5, 0.6) is 17.2 Å². The van der Waals surface area contributed by atoms with Crippen molar-refractivity contribution in [3.8, 4) is 17.2 Å². The van der Waals surface area contributed by atoms with Crippen molar-refractivity contribution in [1.29, 1.82) is 0 Å². The Morgan fingerprint density at radius 1 is 0.868 bits per heavy atom. The molecule has 13 heteroatoms. The van der Waals surface area contributed by atoms with Gasteiger partial charge in [0, 0.05) is 21.0 Å². The fraction of sp³-hybridized carbons (Fsp3) is 0.250. The van der Waals surface area contributed by atoms with E-state index in [9.17, 15) is 19.5 Å². The van der Waals surface area contributed by atoms with Crippen molar-refractivity contribution in [2.75, 3.05) is 24.5 Å². The summed E-state index contributed by atoms with van der Waals surface area (Å²) in [5.74, 6) is -5.40.